The second-order valence-corrected chi connectivity index (χ2v) is 5.14. The number of nitro groups is 1. The molecule has 0 aliphatic rings. The maximum Gasteiger partial charge on any atom is 0.308 e. The minimum Gasteiger partial charge on any atom is -0.308 e. The monoisotopic (exact) mass is 360 g/mol. The second kappa shape index (κ2) is 5.84. The average molecular weight is 361 g/mol. The largest absolute Gasteiger partial charge is 0.308 e. The van der Waals surface area contributed by atoms with Crippen LogP contribution in [0.3, 0.4) is 0 Å². The molecule has 2 aromatic rings. The van der Waals surface area contributed by atoms with Crippen molar-refractivity contribution >= 4 is 21.6 Å². The molecule has 0 aliphatic heterocycles. The first-order valence-corrected chi connectivity index (χ1v) is 7.12. The van der Waals surface area contributed by atoms with E-state index in [9.17, 15) is 18.9 Å². The van der Waals surface area contributed by atoms with Gasteiger partial charge in [-0.1, -0.05) is 15.9 Å². The molecule has 0 radical (unpaired) electrons. The zero-order chi connectivity index (χ0) is 15.7. The molecule has 0 saturated heterocycles. The summed E-state index contributed by atoms with van der Waals surface area (Å²) in [5.41, 5.74) is -1.21. The highest BCUT2D eigenvalue weighted by Gasteiger charge is 2.25. The van der Waals surface area contributed by atoms with Gasteiger partial charge in [-0.25, -0.2) is 4.39 Å². The SMILES string of the molecule is CC(C)n1c(CBr)nnc1-c1cc(F)cc([N+](=O)[O-])c1F. The Labute approximate surface area is 127 Å². The van der Waals surface area contributed by atoms with E-state index in [2.05, 4.69) is 26.1 Å². The average Bonchev–Trinajstić information content (AvgIpc) is 2.84. The van der Waals surface area contributed by atoms with Crippen molar-refractivity contribution < 1.29 is 13.7 Å². The van der Waals surface area contributed by atoms with Crippen molar-refractivity contribution in [2.75, 3.05) is 0 Å². The van der Waals surface area contributed by atoms with Gasteiger partial charge in [0.1, 0.15) is 11.6 Å². The third kappa shape index (κ3) is 2.78. The van der Waals surface area contributed by atoms with Gasteiger partial charge in [-0.15, -0.1) is 10.2 Å². The van der Waals surface area contributed by atoms with Crippen LogP contribution in [0.15, 0.2) is 12.1 Å². The molecule has 21 heavy (non-hydrogen) atoms. The number of nitro benzene ring substituents is 1. The number of halogens is 3. The first kappa shape index (κ1) is 15.5. The van der Waals surface area contributed by atoms with Gasteiger partial charge in [0.2, 0.25) is 5.82 Å². The van der Waals surface area contributed by atoms with Crippen LogP contribution < -0.4 is 0 Å². The van der Waals surface area contributed by atoms with E-state index in [4.69, 9.17) is 0 Å². The van der Waals surface area contributed by atoms with Crippen LogP contribution in [0.1, 0.15) is 25.7 Å². The van der Waals surface area contributed by atoms with Crippen LogP contribution in [0.25, 0.3) is 11.4 Å². The molecule has 0 atom stereocenters. The Bertz CT molecular complexity index is 703. The van der Waals surface area contributed by atoms with Gasteiger partial charge in [-0.3, -0.25) is 10.1 Å². The fourth-order valence-corrected chi connectivity index (χ4v) is 2.39. The number of benzene rings is 1. The van der Waals surface area contributed by atoms with Crippen LogP contribution in [0, 0.1) is 21.7 Å². The maximum absolute atomic E-state index is 14.2. The fraction of sp³-hybridized carbons (Fsp3) is 0.333. The van der Waals surface area contributed by atoms with Crippen molar-refractivity contribution in [1.29, 1.82) is 0 Å². The van der Waals surface area contributed by atoms with Crippen LogP contribution in [-0.2, 0) is 5.33 Å². The first-order chi connectivity index (χ1) is 9.86. The molecule has 0 amide bonds. The summed E-state index contributed by atoms with van der Waals surface area (Å²) in [4.78, 5) is 9.82. The van der Waals surface area contributed by atoms with Crippen molar-refractivity contribution in [1.82, 2.24) is 14.8 Å². The summed E-state index contributed by atoms with van der Waals surface area (Å²) in [6.45, 7) is 3.65. The molecule has 0 bridgehead atoms. The van der Waals surface area contributed by atoms with E-state index >= 15 is 0 Å². The van der Waals surface area contributed by atoms with Gasteiger partial charge in [0.05, 0.1) is 21.9 Å². The summed E-state index contributed by atoms with van der Waals surface area (Å²) in [6, 6.07) is 1.30. The van der Waals surface area contributed by atoms with E-state index in [0.717, 1.165) is 6.07 Å². The molecule has 0 spiro atoms. The van der Waals surface area contributed by atoms with Crippen molar-refractivity contribution in [2.45, 2.75) is 25.2 Å². The molecule has 0 saturated carbocycles. The molecular formula is C12H11BrF2N4O2. The maximum atomic E-state index is 14.2. The lowest BCUT2D eigenvalue weighted by Gasteiger charge is -2.13. The van der Waals surface area contributed by atoms with Crippen LogP contribution in [-0.4, -0.2) is 19.7 Å². The van der Waals surface area contributed by atoms with Gasteiger partial charge in [0.25, 0.3) is 0 Å². The molecule has 2 rings (SSSR count). The summed E-state index contributed by atoms with van der Waals surface area (Å²) in [5.74, 6) is -1.46. The molecular weight excluding hydrogens is 350 g/mol. The van der Waals surface area contributed by atoms with Gasteiger partial charge in [0, 0.05) is 6.04 Å². The third-order valence-corrected chi connectivity index (χ3v) is 3.36. The number of aromatic nitrogens is 3. The fourth-order valence-electron chi connectivity index (χ4n) is 2.01. The molecule has 6 nitrogen and oxygen atoms in total. The molecule has 1 heterocycles. The number of hydrogen-bond acceptors (Lipinski definition) is 4. The predicted molar refractivity (Wildman–Crippen MR) is 75.0 cm³/mol. The van der Waals surface area contributed by atoms with Crippen molar-refractivity contribution in [3.8, 4) is 11.4 Å². The zero-order valence-corrected chi connectivity index (χ0v) is 12.8. The lowest BCUT2D eigenvalue weighted by Crippen LogP contribution is -2.08. The Morgan fingerprint density at radius 1 is 1.38 bits per heavy atom. The minimum absolute atomic E-state index is 0.0551. The molecule has 9 heteroatoms. The molecule has 0 N–H and O–H groups in total. The highest BCUT2D eigenvalue weighted by Crippen LogP contribution is 2.31. The normalized spacial score (nSPS) is 11.1. The van der Waals surface area contributed by atoms with Crippen molar-refractivity contribution in [3.63, 3.8) is 0 Å². The lowest BCUT2D eigenvalue weighted by molar-refractivity contribution is -0.387. The summed E-state index contributed by atoms with van der Waals surface area (Å²) >= 11 is 3.23. The topological polar surface area (TPSA) is 73.8 Å². The lowest BCUT2D eigenvalue weighted by atomic mass is 10.1. The first-order valence-electron chi connectivity index (χ1n) is 6.00. The highest BCUT2D eigenvalue weighted by atomic mass is 79.9. The van der Waals surface area contributed by atoms with Gasteiger partial charge < -0.3 is 4.57 Å². The summed E-state index contributed by atoms with van der Waals surface area (Å²) < 4.78 is 29.4. The standard InChI is InChI=1S/C12H11BrF2N4O2/c1-6(2)18-10(5-13)16-17-12(18)8-3-7(14)4-9(11(8)15)19(20)21/h3-4,6H,5H2,1-2H3. The van der Waals surface area contributed by atoms with Gasteiger partial charge in [-0.05, 0) is 19.9 Å². The van der Waals surface area contributed by atoms with Crippen LogP contribution >= 0.6 is 15.9 Å². The van der Waals surface area contributed by atoms with Crippen LogP contribution in [0.4, 0.5) is 14.5 Å². The van der Waals surface area contributed by atoms with E-state index in [1.165, 1.54) is 0 Å². The Morgan fingerprint density at radius 3 is 2.57 bits per heavy atom. The van der Waals surface area contributed by atoms with Gasteiger partial charge >= 0.3 is 5.69 Å². The molecule has 0 aliphatic carbocycles. The van der Waals surface area contributed by atoms with Crippen molar-refractivity contribution in [3.05, 3.63) is 39.7 Å². The molecule has 112 valence electrons. The number of nitrogens with zero attached hydrogens (tertiary/aromatic N) is 4. The Morgan fingerprint density at radius 2 is 2.05 bits per heavy atom. The third-order valence-electron chi connectivity index (χ3n) is 2.86. The minimum atomic E-state index is -1.13. The molecule has 0 unspecified atom stereocenters. The molecule has 1 aromatic carbocycles. The number of alkyl halides is 1. The molecule has 1 aromatic heterocycles. The number of hydrogen-bond donors (Lipinski definition) is 0. The zero-order valence-electron chi connectivity index (χ0n) is 11.2. The molecule has 0 fully saturated rings. The van der Waals surface area contributed by atoms with Crippen LogP contribution in [0.5, 0.6) is 0 Å². The van der Waals surface area contributed by atoms with E-state index in [1.807, 2.05) is 13.8 Å². The quantitative estimate of drug-likeness (QED) is 0.474. The summed E-state index contributed by atoms with van der Waals surface area (Å²) in [5, 5.41) is 18.9. The summed E-state index contributed by atoms with van der Waals surface area (Å²) in [6.07, 6.45) is 0. The Kier molecular flexibility index (Phi) is 4.31. The number of rotatable bonds is 4. The summed E-state index contributed by atoms with van der Waals surface area (Å²) in [7, 11) is 0. The Balaban J connectivity index is 2.73. The smallest absolute Gasteiger partial charge is 0.308 e. The highest BCUT2D eigenvalue weighted by molar-refractivity contribution is 9.08. The van der Waals surface area contributed by atoms with Crippen molar-refractivity contribution in [2.24, 2.45) is 0 Å². The predicted octanol–water partition coefficient (Wildman–Crippen LogP) is 3.61. The van der Waals surface area contributed by atoms with Gasteiger partial charge in [-0.2, -0.15) is 4.39 Å². The van der Waals surface area contributed by atoms with E-state index < -0.39 is 22.2 Å². The second-order valence-electron chi connectivity index (χ2n) is 4.58. The van der Waals surface area contributed by atoms with E-state index in [0.29, 0.717) is 17.2 Å². The van der Waals surface area contributed by atoms with E-state index in [1.54, 1.807) is 4.57 Å². The van der Waals surface area contributed by atoms with Crippen LogP contribution in [0.2, 0.25) is 0 Å². The Hall–Kier alpha value is -1.90. The van der Waals surface area contributed by atoms with Gasteiger partial charge in [0.15, 0.2) is 5.82 Å². The van der Waals surface area contributed by atoms with E-state index in [-0.39, 0.29) is 17.4 Å².